The van der Waals surface area contributed by atoms with Crippen molar-refractivity contribution in [2.45, 2.75) is 86.7 Å². The number of hydrogen-bond acceptors (Lipinski definition) is 7. The molecule has 0 aliphatic heterocycles. The molecule has 0 saturated carbocycles. The summed E-state index contributed by atoms with van der Waals surface area (Å²) in [5.41, 5.74) is 0. The van der Waals surface area contributed by atoms with Crippen LogP contribution in [0.3, 0.4) is 0 Å². The van der Waals surface area contributed by atoms with Gasteiger partial charge in [0.25, 0.3) is 0 Å². The molecule has 0 radical (unpaired) electrons. The lowest BCUT2D eigenvalue weighted by molar-refractivity contribution is -0.124. The van der Waals surface area contributed by atoms with Gasteiger partial charge >= 0.3 is 14.9 Å². The average molecular weight is 508 g/mol. The van der Waals surface area contributed by atoms with E-state index in [0.29, 0.717) is 51.4 Å². The van der Waals surface area contributed by atoms with E-state index in [4.69, 9.17) is 18.0 Å². The SMILES string of the molecule is CCC(C)NC(C)=O.CCO[Si](CCCNC(=O)OCCNC(=O)C(C)CC)(OCC)OCC. The van der Waals surface area contributed by atoms with Crippen LogP contribution in [0.2, 0.25) is 6.04 Å². The van der Waals surface area contributed by atoms with Crippen LogP contribution in [0.1, 0.15) is 74.7 Å². The Balaban J connectivity index is 0. The molecule has 3 amide bonds. The van der Waals surface area contributed by atoms with Crippen LogP contribution in [0, 0.1) is 5.92 Å². The second-order valence-electron chi connectivity index (χ2n) is 7.76. The molecule has 0 aliphatic rings. The van der Waals surface area contributed by atoms with E-state index in [2.05, 4.69) is 16.0 Å². The number of amides is 3. The second-order valence-corrected chi connectivity index (χ2v) is 10.5. The first kappa shape index (κ1) is 34.5. The van der Waals surface area contributed by atoms with E-state index in [9.17, 15) is 14.4 Å². The van der Waals surface area contributed by atoms with Gasteiger partial charge in [-0.3, -0.25) is 9.59 Å². The van der Waals surface area contributed by atoms with E-state index < -0.39 is 14.9 Å². The normalized spacial score (nSPS) is 12.6. The van der Waals surface area contributed by atoms with Crippen LogP contribution in [0.25, 0.3) is 0 Å². The van der Waals surface area contributed by atoms with Crippen molar-refractivity contribution in [2.24, 2.45) is 5.92 Å². The number of hydrogen-bond donors (Lipinski definition) is 3. The van der Waals surface area contributed by atoms with Crippen LogP contribution in [0.4, 0.5) is 4.79 Å². The van der Waals surface area contributed by atoms with Gasteiger partial charge in [0.15, 0.2) is 0 Å². The fourth-order valence-corrected chi connectivity index (χ4v) is 5.29. The molecule has 2 atom stereocenters. The molecule has 0 aliphatic carbocycles. The molecule has 34 heavy (non-hydrogen) atoms. The van der Waals surface area contributed by atoms with Crippen molar-refractivity contribution in [3.05, 3.63) is 0 Å². The van der Waals surface area contributed by atoms with Crippen molar-refractivity contribution < 1.29 is 32.4 Å². The molecular weight excluding hydrogens is 458 g/mol. The van der Waals surface area contributed by atoms with E-state index in [1.54, 1.807) is 0 Å². The van der Waals surface area contributed by atoms with Crippen molar-refractivity contribution in [3.63, 3.8) is 0 Å². The highest BCUT2D eigenvalue weighted by Crippen LogP contribution is 2.17. The third kappa shape index (κ3) is 18.7. The molecule has 0 aromatic heterocycles. The number of ether oxygens (including phenoxy) is 1. The lowest BCUT2D eigenvalue weighted by Gasteiger charge is -2.28. The molecular formula is C23H49N3O7Si. The number of rotatable bonds is 17. The minimum absolute atomic E-state index is 0.0272. The Morgan fingerprint density at radius 1 is 0.824 bits per heavy atom. The van der Waals surface area contributed by atoms with Gasteiger partial charge in [0.2, 0.25) is 11.8 Å². The van der Waals surface area contributed by atoms with Crippen molar-refractivity contribution in [3.8, 4) is 0 Å². The maximum atomic E-state index is 11.7. The van der Waals surface area contributed by atoms with E-state index in [-0.39, 0.29) is 24.3 Å². The van der Waals surface area contributed by atoms with Gasteiger partial charge < -0.3 is 34.0 Å². The van der Waals surface area contributed by atoms with Crippen molar-refractivity contribution in [1.82, 2.24) is 16.0 Å². The highest BCUT2D eigenvalue weighted by Gasteiger charge is 2.39. The molecule has 10 nitrogen and oxygen atoms in total. The minimum atomic E-state index is -2.67. The summed E-state index contributed by atoms with van der Waals surface area (Å²) in [6.45, 7) is 17.6. The molecule has 11 heteroatoms. The molecule has 0 bridgehead atoms. The molecule has 0 heterocycles. The first-order chi connectivity index (χ1) is 16.1. The molecule has 0 spiro atoms. The van der Waals surface area contributed by atoms with Crippen molar-refractivity contribution in [2.75, 3.05) is 39.5 Å². The van der Waals surface area contributed by atoms with Gasteiger partial charge in [-0.25, -0.2) is 4.79 Å². The number of carbonyl (C=O) groups is 3. The van der Waals surface area contributed by atoms with E-state index >= 15 is 0 Å². The van der Waals surface area contributed by atoms with Gasteiger partial charge in [0.1, 0.15) is 6.61 Å². The Hall–Kier alpha value is -1.69. The molecule has 202 valence electrons. The predicted octanol–water partition coefficient (Wildman–Crippen LogP) is 3.23. The minimum Gasteiger partial charge on any atom is -0.448 e. The van der Waals surface area contributed by atoms with E-state index in [0.717, 1.165) is 12.8 Å². The summed E-state index contributed by atoms with van der Waals surface area (Å²) in [5.74, 6) is -0.00536. The number of nitrogens with one attached hydrogen (secondary N) is 3. The standard InChI is InChI=1S/C17H36N2O6Si.C6H13NO/c1-6-15(5)16(20)18-12-13-22-17(21)19-11-10-14-26(23-7-2,24-8-3)25-9-4;1-4-5(2)7-6(3)8/h15H,6-14H2,1-5H3,(H,18,20)(H,19,21);5H,4H2,1-3H3,(H,7,8). The highest BCUT2D eigenvalue weighted by atomic mass is 28.4. The first-order valence-corrected chi connectivity index (χ1v) is 14.4. The fraction of sp³-hybridized carbons (Fsp3) is 0.870. The zero-order valence-corrected chi connectivity index (χ0v) is 23.6. The van der Waals surface area contributed by atoms with Crippen molar-refractivity contribution in [1.29, 1.82) is 0 Å². The van der Waals surface area contributed by atoms with Crippen LogP contribution < -0.4 is 16.0 Å². The Bertz CT molecular complexity index is 536. The average Bonchev–Trinajstić information content (AvgIpc) is 2.79. The van der Waals surface area contributed by atoms with Gasteiger partial charge in [0.05, 0.1) is 6.54 Å². The van der Waals surface area contributed by atoms with Crippen LogP contribution >= 0.6 is 0 Å². The molecule has 0 saturated heterocycles. The Morgan fingerprint density at radius 2 is 1.38 bits per heavy atom. The molecule has 0 rings (SSSR count). The zero-order chi connectivity index (χ0) is 26.4. The number of alkyl carbamates (subject to hydrolysis) is 1. The smallest absolute Gasteiger partial charge is 0.448 e. The fourth-order valence-electron chi connectivity index (χ4n) is 2.67. The maximum Gasteiger partial charge on any atom is 0.500 e. The zero-order valence-electron chi connectivity index (χ0n) is 22.6. The Kier molecular flexibility index (Phi) is 22.1. The van der Waals surface area contributed by atoms with Gasteiger partial charge in [-0.2, -0.15) is 0 Å². The summed E-state index contributed by atoms with van der Waals surface area (Å²) in [5, 5.41) is 8.17. The third-order valence-electron chi connectivity index (χ3n) is 4.78. The quantitative estimate of drug-likeness (QED) is 0.204. The molecule has 0 fully saturated rings. The largest absolute Gasteiger partial charge is 0.500 e. The summed E-state index contributed by atoms with van der Waals surface area (Å²) in [6.07, 6.45) is 1.95. The van der Waals surface area contributed by atoms with Crippen LogP contribution in [-0.4, -0.2) is 72.3 Å². The predicted molar refractivity (Wildman–Crippen MR) is 135 cm³/mol. The van der Waals surface area contributed by atoms with Gasteiger partial charge in [-0.15, -0.1) is 0 Å². The van der Waals surface area contributed by atoms with Gasteiger partial charge in [-0.05, 0) is 47.0 Å². The van der Waals surface area contributed by atoms with Crippen LogP contribution in [-0.2, 0) is 27.6 Å². The molecule has 0 aromatic rings. The van der Waals surface area contributed by atoms with Crippen molar-refractivity contribution >= 4 is 26.7 Å². The lowest BCUT2D eigenvalue weighted by atomic mass is 10.1. The molecule has 3 N–H and O–H groups in total. The highest BCUT2D eigenvalue weighted by molar-refractivity contribution is 6.60. The summed E-state index contributed by atoms with van der Waals surface area (Å²) in [6, 6.07) is 0.959. The lowest BCUT2D eigenvalue weighted by Crippen LogP contribution is -2.46. The maximum absolute atomic E-state index is 11.7. The number of carbonyl (C=O) groups excluding carboxylic acids is 3. The van der Waals surface area contributed by atoms with E-state index in [1.807, 2.05) is 48.5 Å². The Morgan fingerprint density at radius 3 is 1.79 bits per heavy atom. The topological polar surface area (TPSA) is 124 Å². The van der Waals surface area contributed by atoms with Gasteiger partial charge in [0, 0.05) is 51.3 Å². The summed E-state index contributed by atoms with van der Waals surface area (Å²) in [4.78, 5) is 33.5. The first-order valence-electron chi connectivity index (χ1n) is 12.5. The Labute approximate surface area is 207 Å². The summed E-state index contributed by atoms with van der Waals surface area (Å²) >= 11 is 0. The second kappa shape index (κ2) is 21.8. The summed E-state index contributed by atoms with van der Waals surface area (Å²) in [7, 11) is -2.67. The van der Waals surface area contributed by atoms with Gasteiger partial charge in [-0.1, -0.05) is 20.8 Å². The summed E-state index contributed by atoms with van der Waals surface area (Å²) < 4.78 is 22.3. The van der Waals surface area contributed by atoms with Crippen LogP contribution in [0.15, 0.2) is 0 Å². The van der Waals surface area contributed by atoms with Crippen LogP contribution in [0.5, 0.6) is 0 Å². The van der Waals surface area contributed by atoms with E-state index in [1.165, 1.54) is 6.92 Å². The molecule has 2 unspecified atom stereocenters. The third-order valence-corrected chi connectivity index (χ3v) is 7.93. The molecule has 0 aromatic carbocycles. The monoisotopic (exact) mass is 507 g/mol.